The first kappa shape index (κ1) is 23.5. The summed E-state index contributed by atoms with van der Waals surface area (Å²) in [7, 11) is 0. The molecule has 0 saturated carbocycles. The van der Waals surface area contributed by atoms with E-state index >= 15 is 0 Å². The Morgan fingerprint density at radius 3 is 2.43 bits per heavy atom. The molecule has 0 unspecified atom stereocenters. The molecule has 5 N–H and O–H groups in total. The van der Waals surface area contributed by atoms with Crippen molar-refractivity contribution in [2.45, 2.75) is 18.7 Å². The number of benzene rings is 2. The zero-order chi connectivity index (χ0) is 22.3. The molecule has 0 aliphatic rings. The molecule has 30 heavy (non-hydrogen) atoms. The lowest BCUT2D eigenvalue weighted by atomic mass is 10.2. The molecular weight excluding hydrogens is 440 g/mol. The molecule has 0 spiro atoms. The number of rotatable bonds is 2. The molecule has 4 rings (SSSR count). The van der Waals surface area contributed by atoms with Crippen molar-refractivity contribution in [3.05, 3.63) is 65.4 Å². The van der Waals surface area contributed by atoms with Gasteiger partial charge in [-0.25, -0.2) is 4.98 Å². The standard InChI is InChI=1S/C12H10ClNOS.C7H6N2S.C2H5NO/c1-7(14)11-4-5-12(15-11)9-6-8(16)2-3-10(9)13;8-7-9-5-3-1-2-4-6(5)10-7;1-2(3)4/h2-6,14,16H,1H3;1-4H,(H2,8,9);1H3,(H2,3,4). The molecule has 0 bridgehead atoms. The number of furan rings is 1. The van der Waals surface area contributed by atoms with Gasteiger partial charge in [-0.1, -0.05) is 35.1 Å². The molecule has 0 fully saturated rings. The number of thiol groups is 1. The van der Waals surface area contributed by atoms with E-state index in [-0.39, 0.29) is 5.91 Å². The van der Waals surface area contributed by atoms with Gasteiger partial charge in [0.25, 0.3) is 0 Å². The van der Waals surface area contributed by atoms with E-state index in [0.29, 0.717) is 27.4 Å². The van der Waals surface area contributed by atoms with Crippen molar-refractivity contribution in [3.63, 3.8) is 0 Å². The average molecular weight is 461 g/mol. The number of primary amides is 1. The second kappa shape index (κ2) is 10.8. The van der Waals surface area contributed by atoms with Crippen LogP contribution in [0.4, 0.5) is 5.13 Å². The Bertz CT molecular complexity index is 1130. The maximum Gasteiger partial charge on any atom is 0.214 e. The number of carbonyl (C=O) groups is 1. The number of nitrogens with zero attached hydrogens (tertiary/aromatic N) is 1. The number of hydrogen-bond acceptors (Lipinski definition) is 7. The van der Waals surface area contributed by atoms with E-state index in [0.717, 1.165) is 20.7 Å². The van der Waals surface area contributed by atoms with Gasteiger partial charge in [0.1, 0.15) is 11.5 Å². The molecule has 6 nitrogen and oxygen atoms in total. The first-order valence-electron chi connectivity index (χ1n) is 8.68. The molecule has 2 heterocycles. The third-order valence-electron chi connectivity index (χ3n) is 3.50. The minimum Gasteiger partial charge on any atom is -0.455 e. The summed E-state index contributed by atoms with van der Waals surface area (Å²) in [4.78, 5) is 14.2. The molecule has 0 aliphatic carbocycles. The number of thiazole rings is 1. The summed E-state index contributed by atoms with van der Waals surface area (Å²) >= 11 is 11.8. The van der Waals surface area contributed by atoms with Gasteiger partial charge < -0.3 is 21.3 Å². The number of fused-ring (bicyclic) bond motifs is 1. The highest BCUT2D eigenvalue weighted by atomic mass is 35.5. The summed E-state index contributed by atoms with van der Waals surface area (Å²) in [6.07, 6.45) is 0. The van der Waals surface area contributed by atoms with Crippen LogP contribution in [0.1, 0.15) is 19.6 Å². The van der Waals surface area contributed by atoms with E-state index in [9.17, 15) is 4.79 Å². The first-order chi connectivity index (χ1) is 14.2. The molecule has 0 aliphatic heterocycles. The predicted octanol–water partition coefficient (Wildman–Crippen LogP) is 5.65. The molecule has 0 radical (unpaired) electrons. The maximum atomic E-state index is 9.22. The summed E-state index contributed by atoms with van der Waals surface area (Å²) < 4.78 is 6.68. The summed E-state index contributed by atoms with van der Waals surface area (Å²) in [5.41, 5.74) is 12.1. The number of aromatic nitrogens is 1. The van der Waals surface area contributed by atoms with Gasteiger partial charge in [-0.2, -0.15) is 0 Å². The Kier molecular flexibility index (Phi) is 8.46. The van der Waals surface area contributed by atoms with Crippen molar-refractivity contribution in [1.29, 1.82) is 5.41 Å². The summed E-state index contributed by atoms with van der Waals surface area (Å²) in [6.45, 7) is 2.99. The quantitative estimate of drug-likeness (QED) is 0.228. The fourth-order valence-electron chi connectivity index (χ4n) is 2.28. The van der Waals surface area contributed by atoms with E-state index in [1.807, 2.05) is 42.5 Å². The molecule has 0 atom stereocenters. The number of nitrogens with one attached hydrogen (secondary N) is 1. The van der Waals surface area contributed by atoms with Gasteiger partial charge in [-0.3, -0.25) is 4.79 Å². The van der Waals surface area contributed by atoms with Gasteiger partial charge in [-0.05, 0) is 49.4 Å². The lowest BCUT2D eigenvalue weighted by molar-refractivity contribution is -0.115. The number of anilines is 1. The van der Waals surface area contributed by atoms with E-state index in [1.165, 1.54) is 18.3 Å². The number of nitrogen functional groups attached to an aromatic ring is 1. The van der Waals surface area contributed by atoms with Crippen molar-refractivity contribution >= 4 is 62.5 Å². The molecule has 156 valence electrons. The summed E-state index contributed by atoms with van der Waals surface area (Å²) in [5.74, 6) is 0.873. The van der Waals surface area contributed by atoms with E-state index in [2.05, 4.69) is 23.3 Å². The molecule has 4 aromatic rings. The topological polar surface area (TPSA) is 119 Å². The minimum atomic E-state index is -0.333. The molecule has 0 saturated heterocycles. The first-order valence-corrected chi connectivity index (χ1v) is 10.3. The van der Waals surface area contributed by atoms with Crippen LogP contribution in [0.2, 0.25) is 5.02 Å². The number of amides is 1. The molecular formula is C21H21ClN4O2S2. The fourth-order valence-corrected chi connectivity index (χ4v) is 3.42. The number of carbonyl (C=O) groups excluding carboxylic acids is 1. The number of para-hydroxylation sites is 1. The van der Waals surface area contributed by atoms with Crippen molar-refractivity contribution in [2.75, 3.05) is 5.73 Å². The minimum absolute atomic E-state index is 0.333. The second-order valence-corrected chi connectivity index (χ2v) is 8.07. The number of halogens is 1. The van der Waals surface area contributed by atoms with Crippen LogP contribution >= 0.6 is 35.6 Å². The predicted molar refractivity (Wildman–Crippen MR) is 128 cm³/mol. The van der Waals surface area contributed by atoms with Crippen LogP contribution in [0.3, 0.4) is 0 Å². The molecule has 9 heteroatoms. The third kappa shape index (κ3) is 6.91. The van der Waals surface area contributed by atoms with Gasteiger partial charge in [0.05, 0.1) is 21.0 Å². The van der Waals surface area contributed by atoms with Crippen molar-refractivity contribution in [3.8, 4) is 11.3 Å². The maximum absolute atomic E-state index is 9.22. The third-order valence-corrected chi connectivity index (χ3v) is 4.97. The smallest absolute Gasteiger partial charge is 0.214 e. The molecule has 2 aromatic heterocycles. The second-order valence-electron chi connectivity index (χ2n) is 6.08. The molecule has 2 aromatic carbocycles. The van der Waals surface area contributed by atoms with Crippen LogP contribution in [0.15, 0.2) is 63.9 Å². The number of hydrogen-bond donors (Lipinski definition) is 4. The Balaban J connectivity index is 0.000000194. The van der Waals surface area contributed by atoms with E-state index < -0.39 is 0 Å². The van der Waals surface area contributed by atoms with E-state index in [4.69, 9.17) is 27.2 Å². The van der Waals surface area contributed by atoms with Gasteiger partial charge in [0, 0.05) is 17.4 Å². The Hall–Kier alpha value is -2.81. The zero-order valence-electron chi connectivity index (χ0n) is 16.3. The molecule has 1 amide bonds. The monoisotopic (exact) mass is 460 g/mol. The van der Waals surface area contributed by atoms with Gasteiger partial charge in [-0.15, -0.1) is 12.6 Å². The Morgan fingerprint density at radius 1 is 1.17 bits per heavy atom. The van der Waals surface area contributed by atoms with Crippen LogP contribution in [-0.2, 0) is 4.79 Å². The highest BCUT2D eigenvalue weighted by Crippen LogP contribution is 2.31. The van der Waals surface area contributed by atoms with Gasteiger partial charge in [0.2, 0.25) is 5.91 Å². The van der Waals surface area contributed by atoms with Crippen molar-refractivity contribution in [1.82, 2.24) is 4.98 Å². The largest absolute Gasteiger partial charge is 0.455 e. The highest BCUT2D eigenvalue weighted by molar-refractivity contribution is 7.80. The van der Waals surface area contributed by atoms with Gasteiger partial charge >= 0.3 is 0 Å². The van der Waals surface area contributed by atoms with Crippen molar-refractivity contribution in [2.24, 2.45) is 5.73 Å². The lowest BCUT2D eigenvalue weighted by Crippen LogP contribution is -2.01. The van der Waals surface area contributed by atoms with Crippen molar-refractivity contribution < 1.29 is 9.21 Å². The number of nitrogens with two attached hydrogens (primary N) is 2. The highest BCUT2D eigenvalue weighted by Gasteiger charge is 2.09. The zero-order valence-corrected chi connectivity index (χ0v) is 18.8. The van der Waals surface area contributed by atoms with Crippen LogP contribution in [0.25, 0.3) is 21.5 Å². The SMILES string of the molecule is CC(=N)c1ccc(-c2cc(S)ccc2Cl)o1.CC(N)=O.Nc1nc2ccccc2s1. The van der Waals surface area contributed by atoms with E-state index in [1.54, 1.807) is 19.1 Å². The Morgan fingerprint density at radius 2 is 1.83 bits per heavy atom. The summed E-state index contributed by atoms with van der Waals surface area (Å²) in [5, 5.41) is 8.72. The normalized spacial score (nSPS) is 9.87. The van der Waals surface area contributed by atoms with Crippen LogP contribution in [-0.4, -0.2) is 16.6 Å². The lowest BCUT2D eigenvalue weighted by Gasteiger charge is -2.01. The van der Waals surface area contributed by atoms with Crippen LogP contribution in [0, 0.1) is 5.41 Å². The van der Waals surface area contributed by atoms with Crippen LogP contribution < -0.4 is 11.5 Å². The van der Waals surface area contributed by atoms with Gasteiger partial charge in [0.15, 0.2) is 5.13 Å². The fraction of sp³-hybridized carbons (Fsp3) is 0.0952. The average Bonchev–Trinajstić information content (AvgIpc) is 3.29. The van der Waals surface area contributed by atoms with Crippen LogP contribution in [0.5, 0.6) is 0 Å². The Labute approximate surface area is 188 Å². The summed E-state index contributed by atoms with van der Waals surface area (Å²) in [6, 6.07) is 16.9.